The smallest absolute Gasteiger partial charge is 0.254 e. The second-order valence-corrected chi connectivity index (χ2v) is 9.03. The highest BCUT2D eigenvalue weighted by Crippen LogP contribution is 2.35. The number of methoxy groups -OCH3 is 1. The van der Waals surface area contributed by atoms with Gasteiger partial charge in [0.05, 0.1) is 30.6 Å². The number of aryl methyl sites for hydroxylation is 1. The number of amides is 1. The SMILES string of the molecule is COc1ccc(Oc2c(CN(CC3CC3)C(=O)c3ccc(F)cc3)c(C)nn2-c2ccccc2)cc1. The fourth-order valence-corrected chi connectivity index (χ4v) is 4.12. The van der Waals surface area contributed by atoms with Crippen molar-refractivity contribution in [1.82, 2.24) is 14.7 Å². The Morgan fingerprint density at radius 2 is 1.67 bits per heavy atom. The van der Waals surface area contributed by atoms with Crippen molar-refractivity contribution >= 4 is 5.91 Å². The highest BCUT2D eigenvalue weighted by atomic mass is 19.1. The molecule has 1 amide bonds. The van der Waals surface area contributed by atoms with Crippen LogP contribution in [0.3, 0.4) is 0 Å². The zero-order valence-corrected chi connectivity index (χ0v) is 20.4. The average molecular weight is 486 g/mol. The molecule has 1 heterocycles. The van der Waals surface area contributed by atoms with Crippen molar-refractivity contribution in [2.24, 2.45) is 5.92 Å². The van der Waals surface area contributed by atoms with E-state index in [2.05, 4.69) is 0 Å². The third-order valence-corrected chi connectivity index (χ3v) is 6.31. The van der Waals surface area contributed by atoms with Crippen molar-refractivity contribution in [3.63, 3.8) is 0 Å². The van der Waals surface area contributed by atoms with Gasteiger partial charge in [-0.1, -0.05) is 18.2 Å². The molecule has 0 atom stereocenters. The van der Waals surface area contributed by atoms with Crippen LogP contribution in [0.5, 0.6) is 17.4 Å². The van der Waals surface area contributed by atoms with E-state index in [-0.39, 0.29) is 11.7 Å². The fraction of sp³-hybridized carbons (Fsp3) is 0.241. The lowest BCUT2D eigenvalue weighted by atomic mass is 10.1. The molecular weight excluding hydrogens is 457 g/mol. The summed E-state index contributed by atoms with van der Waals surface area (Å²) in [5, 5.41) is 4.78. The Bertz CT molecular complexity index is 1330. The number of ether oxygens (including phenoxy) is 2. The third-order valence-electron chi connectivity index (χ3n) is 6.31. The molecule has 1 aliphatic carbocycles. The van der Waals surface area contributed by atoms with E-state index < -0.39 is 0 Å². The Hall–Kier alpha value is -4.13. The molecule has 1 saturated carbocycles. The molecule has 0 radical (unpaired) electrons. The Morgan fingerprint density at radius 1 is 1.00 bits per heavy atom. The van der Waals surface area contributed by atoms with E-state index in [0.717, 1.165) is 35.5 Å². The highest BCUT2D eigenvalue weighted by Gasteiger charge is 2.30. The number of carbonyl (C=O) groups is 1. The van der Waals surface area contributed by atoms with Crippen molar-refractivity contribution in [1.29, 1.82) is 0 Å². The number of halogens is 1. The molecule has 4 aromatic rings. The van der Waals surface area contributed by atoms with Crippen LogP contribution in [0.15, 0.2) is 78.9 Å². The first-order valence-corrected chi connectivity index (χ1v) is 12.0. The van der Waals surface area contributed by atoms with E-state index in [1.807, 2.05) is 66.4 Å². The van der Waals surface area contributed by atoms with Crippen molar-refractivity contribution in [3.05, 3.63) is 102 Å². The first kappa shape index (κ1) is 23.6. The molecule has 0 aliphatic heterocycles. The summed E-state index contributed by atoms with van der Waals surface area (Å²) >= 11 is 0. The van der Waals surface area contributed by atoms with Crippen LogP contribution in [0.25, 0.3) is 5.69 Å². The number of nitrogens with zero attached hydrogens (tertiary/aromatic N) is 3. The normalized spacial score (nSPS) is 12.9. The Kier molecular flexibility index (Phi) is 6.71. The molecule has 5 rings (SSSR count). The van der Waals surface area contributed by atoms with E-state index in [1.165, 1.54) is 24.3 Å². The van der Waals surface area contributed by atoms with Gasteiger partial charge in [-0.05, 0) is 86.3 Å². The number of hydrogen-bond acceptors (Lipinski definition) is 4. The average Bonchev–Trinajstić information content (AvgIpc) is 3.68. The van der Waals surface area contributed by atoms with Gasteiger partial charge in [-0.2, -0.15) is 5.10 Å². The molecule has 0 saturated heterocycles. The second-order valence-electron chi connectivity index (χ2n) is 9.03. The summed E-state index contributed by atoms with van der Waals surface area (Å²) in [6, 6.07) is 22.8. The molecule has 1 fully saturated rings. The van der Waals surface area contributed by atoms with Gasteiger partial charge in [0, 0.05) is 12.1 Å². The van der Waals surface area contributed by atoms with Crippen LogP contribution < -0.4 is 9.47 Å². The Labute approximate surface area is 209 Å². The minimum absolute atomic E-state index is 0.135. The molecule has 0 spiro atoms. The molecule has 3 aromatic carbocycles. The van der Waals surface area contributed by atoms with Crippen molar-refractivity contribution in [2.75, 3.05) is 13.7 Å². The second kappa shape index (κ2) is 10.2. The summed E-state index contributed by atoms with van der Waals surface area (Å²) in [5.74, 6) is 1.89. The minimum Gasteiger partial charge on any atom is -0.497 e. The van der Waals surface area contributed by atoms with Crippen LogP contribution in [-0.2, 0) is 6.54 Å². The van der Waals surface area contributed by atoms with Gasteiger partial charge in [0.15, 0.2) is 0 Å². The number of benzene rings is 3. The van der Waals surface area contributed by atoms with Gasteiger partial charge >= 0.3 is 0 Å². The largest absolute Gasteiger partial charge is 0.497 e. The van der Waals surface area contributed by atoms with Crippen LogP contribution in [0, 0.1) is 18.7 Å². The number of carbonyl (C=O) groups excluding carboxylic acids is 1. The van der Waals surface area contributed by atoms with Crippen LogP contribution in [0.4, 0.5) is 4.39 Å². The molecule has 6 nitrogen and oxygen atoms in total. The molecule has 1 aliphatic rings. The molecule has 0 bridgehead atoms. The van der Waals surface area contributed by atoms with Gasteiger partial charge in [0.2, 0.25) is 5.88 Å². The molecule has 184 valence electrons. The van der Waals surface area contributed by atoms with E-state index in [1.54, 1.807) is 11.8 Å². The molecule has 0 N–H and O–H groups in total. The maximum atomic E-state index is 13.5. The van der Waals surface area contributed by atoms with Gasteiger partial charge in [0.25, 0.3) is 5.91 Å². The van der Waals surface area contributed by atoms with Crippen LogP contribution in [-0.4, -0.2) is 34.2 Å². The number of aromatic nitrogens is 2. The lowest BCUT2D eigenvalue weighted by Gasteiger charge is -2.23. The first-order chi connectivity index (χ1) is 17.5. The van der Waals surface area contributed by atoms with Gasteiger partial charge < -0.3 is 14.4 Å². The maximum absolute atomic E-state index is 13.5. The Morgan fingerprint density at radius 3 is 2.31 bits per heavy atom. The highest BCUT2D eigenvalue weighted by molar-refractivity contribution is 5.94. The van der Waals surface area contributed by atoms with Gasteiger partial charge in [-0.15, -0.1) is 0 Å². The van der Waals surface area contributed by atoms with E-state index in [4.69, 9.17) is 14.6 Å². The number of hydrogen-bond donors (Lipinski definition) is 0. The summed E-state index contributed by atoms with van der Waals surface area (Å²) in [5.41, 5.74) is 2.91. The first-order valence-electron chi connectivity index (χ1n) is 12.0. The number of rotatable bonds is 9. The van der Waals surface area contributed by atoms with Crippen molar-refractivity contribution < 1.29 is 18.7 Å². The molecule has 7 heteroatoms. The molecule has 36 heavy (non-hydrogen) atoms. The molecule has 0 unspecified atom stereocenters. The van der Waals surface area contributed by atoms with E-state index in [0.29, 0.717) is 36.2 Å². The Balaban J connectivity index is 1.52. The summed E-state index contributed by atoms with van der Waals surface area (Å²) in [6.07, 6.45) is 2.20. The summed E-state index contributed by atoms with van der Waals surface area (Å²) in [4.78, 5) is 15.3. The predicted molar refractivity (Wildman–Crippen MR) is 135 cm³/mol. The third kappa shape index (κ3) is 5.25. The van der Waals surface area contributed by atoms with Crippen LogP contribution >= 0.6 is 0 Å². The van der Waals surface area contributed by atoms with Gasteiger partial charge in [-0.3, -0.25) is 4.79 Å². The summed E-state index contributed by atoms with van der Waals surface area (Å²) < 4.78 is 26.9. The standard InChI is InChI=1S/C29H28FN3O3/c1-20-27(19-32(18-21-8-9-21)28(34)22-10-12-23(30)13-11-22)29(33(31-20)24-6-4-3-5-7-24)36-26-16-14-25(35-2)15-17-26/h3-7,10-17,21H,8-9,18-19H2,1-2H3. The molecule has 1 aromatic heterocycles. The van der Waals surface area contributed by atoms with E-state index >= 15 is 0 Å². The monoisotopic (exact) mass is 485 g/mol. The predicted octanol–water partition coefficient (Wildman–Crippen LogP) is 6.17. The lowest BCUT2D eigenvalue weighted by Crippen LogP contribution is -2.32. The minimum atomic E-state index is -0.365. The van der Waals surface area contributed by atoms with Gasteiger partial charge in [0.1, 0.15) is 17.3 Å². The van der Waals surface area contributed by atoms with Crippen molar-refractivity contribution in [3.8, 4) is 23.1 Å². The lowest BCUT2D eigenvalue weighted by molar-refractivity contribution is 0.0733. The summed E-state index contributed by atoms with van der Waals surface area (Å²) in [6.45, 7) is 2.89. The van der Waals surface area contributed by atoms with Gasteiger partial charge in [-0.25, -0.2) is 9.07 Å². The van der Waals surface area contributed by atoms with Crippen LogP contribution in [0.2, 0.25) is 0 Å². The zero-order valence-electron chi connectivity index (χ0n) is 20.4. The molecular formula is C29H28FN3O3. The maximum Gasteiger partial charge on any atom is 0.254 e. The topological polar surface area (TPSA) is 56.6 Å². The quantitative estimate of drug-likeness (QED) is 0.284. The van der Waals surface area contributed by atoms with Crippen LogP contribution in [0.1, 0.15) is 34.5 Å². The number of para-hydroxylation sites is 1. The van der Waals surface area contributed by atoms with E-state index in [9.17, 15) is 9.18 Å². The van der Waals surface area contributed by atoms with Crippen molar-refractivity contribution in [2.45, 2.75) is 26.3 Å². The summed E-state index contributed by atoms with van der Waals surface area (Å²) in [7, 11) is 1.62. The fourth-order valence-electron chi connectivity index (χ4n) is 4.12. The zero-order chi connectivity index (χ0) is 25.1.